The van der Waals surface area contributed by atoms with Gasteiger partial charge in [0.1, 0.15) is 11.5 Å². The summed E-state index contributed by atoms with van der Waals surface area (Å²) >= 11 is 0. The molecule has 0 aliphatic rings. The molecule has 1 rings (SSSR count). The van der Waals surface area contributed by atoms with E-state index in [9.17, 15) is 9.90 Å². The van der Waals surface area contributed by atoms with Crippen molar-refractivity contribution < 1.29 is 14.6 Å². The number of benzene rings is 1. The average Bonchev–Trinajstić information content (AvgIpc) is 2.33. The van der Waals surface area contributed by atoms with E-state index >= 15 is 0 Å². The molecule has 0 aliphatic heterocycles. The smallest absolute Gasteiger partial charge is 0.228 e. The van der Waals surface area contributed by atoms with Gasteiger partial charge in [-0.3, -0.25) is 4.79 Å². The maximum absolute atomic E-state index is 11.8. The van der Waals surface area contributed by atoms with Crippen LogP contribution in [-0.4, -0.2) is 24.7 Å². The van der Waals surface area contributed by atoms with Crippen LogP contribution in [0.4, 0.5) is 5.69 Å². The molecule has 0 fully saturated rings. The summed E-state index contributed by atoms with van der Waals surface area (Å²) in [7, 11) is 1.52. The third-order valence-corrected chi connectivity index (χ3v) is 2.61. The standard InChI is InChI=1S/C12H18N2O3/c1-3-8(7-13)12(16)14-10-6-9(17-2)4-5-11(10)15/h4-6,8,15H,3,7,13H2,1-2H3,(H,14,16). The van der Waals surface area contributed by atoms with Gasteiger partial charge in [0.2, 0.25) is 5.91 Å². The lowest BCUT2D eigenvalue weighted by molar-refractivity contribution is -0.119. The Morgan fingerprint density at radius 2 is 2.29 bits per heavy atom. The lowest BCUT2D eigenvalue weighted by Crippen LogP contribution is -2.28. The van der Waals surface area contributed by atoms with Crippen molar-refractivity contribution in [3.05, 3.63) is 18.2 Å². The van der Waals surface area contributed by atoms with Gasteiger partial charge in [-0.2, -0.15) is 0 Å². The largest absolute Gasteiger partial charge is 0.506 e. The lowest BCUT2D eigenvalue weighted by Gasteiger charge is -2.14. The van der Waals surface area contributed by atoms with Crippen LogP contribution in [-0.2, 0) is 4.79 Å². The number of aromatic hydroxyl groups is 1. The van der Waals surface area contributed by atoms with Crippen molar-refractivity contribution in [2.45, 2.75) is 13.3 Å². The highest BCUT2D eigenvalue weighted by Gasteiger charge is 2.16. The molecule has 0 saturated carbocycles. The molecule has 0 aromatic heterocycles. The highest BCUT2D eigenvalue weighted by Crippen LogP contribution is 2.28. The molecule has 17 heavy (non-hydrogen) atoms. The Labute approximate surface area is 101 Å². The predicted octanol–water partition coefficient (Wildman–Crippen LogP) is 1.32. The van der Waals surface area contributed by atoms with Crippen LogP contribution in [0.2, 0.25) is 0 Å². The first-order valence-corrected chi connectivity index (χ1v) is 5.50. The molecule has 0 saturated heterocycles. The molecular formula is C12H18N2O3. The van der Waals surface area contributed by atoms with E-state index in [1.165, 1.54) is 13.2 Å². The molecule has 1 amide bonds. The number of amides is 1. The van der Waals surface area contributed by atoms with Crippen LogP contribution in [0, 0.1) is 5.92 Å². The van der Waals surface area contributed by atoms with Crippen LogP contribution in [0.1, 0.15) is 13.3 Å². The van der Waals surface area contributed by atoms with E-state index in [4.69, 9.17) is 10.5 Å². The Bertz CT molecular complexity index is 389. The Kier molecular flexibility index (Phi) is 4.78. The molecule has 5 nitrogen and oxygen atoms in total. The van der Waals surface area contributed by atoms with E-state index in [1.54, 1.807) is 12.1 Å². The van der Waals surface area contributed by atoms with Crippen LogP contribution < -0.4 is 15.8 Å². The summed E-state index contributed by atoms with van der Waals surface area (Å²) in [5, 5.41) is 12.2. The summed E-state index contributed by atoms with van der Waals surface area (Å²) in [5.41, 5.74) is 5.82. The minimum atomic E-state index is -0.249. The number of phenolic OH excluding ortho intramolecular Hbond substituents is 1. The Morgan fingerprint density at radius 1 is 1.59 bits per heavy atom. The van der Waals surface area contributed by atoms with Gasteiger partial charge in [0, 0.05) is 12.6 Å². The molecule has 0 aliphatic carbocycles. The number of nitrogens with two attached hydrogens (primary N) is 1. The van der Waals surface area contributed by atoms with Gasteiger partial charge in [-0.05, 0) is 18.6 Å². The van der Waals surface area contributed by atoms with Gasteiger partial charge in [0.25, 0.3) is 0 Å². The van der Waals surface area contributed by atoms with E-state index in [2.05, 4.69) is 5.32 Å². The van der Waals surface area contributed by atoms with Crippen molar-refractivity contribution in [2.24, 2.45) is 11.7 Å². The van der Waals surface area contributed by atoms with Crippen LogP contribution in [0.25, 0.3) is 0 Å². The second-order valence-electron chi connectivity index (χ2n) is 3.71. The highest BCUT2D eigenvalue weighted by atomic mass is 16.5. The van der Waals surface area contributed by atoms with Crippen molar-refractivity contribution in [3.8, 4) is 11.5 Å². The van der Waals surface area contributed by atoms with Gasteiger partial charge in [0.05, 0.1) is 18.7 Å². The van der Waals surface area contributed by atoms with Gasteiger partial charge in [-0.1, -0.05) is 6.92 Å². The number of carbonyl (C=O) groups excluding carboxylic acids is 1. The average molecular weight is 238 g/mol. The maximum Gasteiger partial charge on any atom is 0.228 e. The molecule has 0 heterocycles. The lowest BCUT2D eigenvalue weighted by atomic mass is 10.1. The number of hydrogen-bond acceptors (Lipinski definition) is 4. The molecule has 1 aromatic rings. The molecule has 1 atom stereocenters. The normalized spacial score (nSPS) is 11.9. The van der Waals surface area contributed by atoms with Crippen molar-refractivity contribution in [3.63, 3.8) is 0 Å². The van der Waals surface area contributed by atoms with E-state index in [0.29, 0.717) is 17.9 Å². The zero-order valence-electron chi connectivity index (χ0n) is 10.1. The zero-order chi connectivity index (χ0) is 12.8. The summed E-state index contributed by atoms with van der Waals surface area (Å²) in [6.07, 6.45) is 0.660. The Hall–Kier alpha value is -1.75. The molecule has 0 bridgehead atoms. The molecule has 5 heteroatoms. The monoisotopic (exact) mass is 238 g/mol. The Morgan fingerprint density at radius 3 is 2.82 bits per heavy atom. The third-order valence-electron chi connectivity index (χ3n) is 2.61. The molecule has 4 N–H and O–H groups in total. The van der Waals surface area contributed by atoms with Gasteiger partial charge in [-0.25, -0.2) is 0 Å². The molecule has 0 radical (unpaired) electrons. The topological polar surface area (TPSA) is 84.6 Å². The number of anilines is 1. The van der Waals surface area contributed by atoms with Crippen molar-refractivity contribution in [2.75, 3.05) is 19.0 Å². The number of methoxy groups -OCH3 is 1. The van der Waals surface area contributed by atoms with Gasteiger partial charge in [0.15, 0.2) is 0 Å². The summed E-state index contributed by atoms with van der Waals surface area (Å²) < 4.78 is 5.02. The molecular weight excluding hydrogens is 220 g/mol. The summed E-state index contributed by atoms with van der Waals surface area (Å²) in [6.45, 7) is 2.18. The van der Waals surface area contributed by atoms with Crippen LogP contribution in [0.15, 0.2) is 18.2 Å². The van der Waals surface area contributed by atoms with E-state index in [0.717, 1.165) is 0 Å². The quantitative estimate of drug-likeness (QED) is 0.675. The van der Waals surface area contributed by atoms with Crippen molar-refractivity contribution >= 4 is 11.6 Å². The number of rotatable bonds is 5. The molecule has 94 valence electrons. The van der Waals surface area contributed by atoms with Crippen LogP contribution >= 0.6 is 0 Å². The second-order valence-corrected chi connectivity index (χ2v) is 3.71. The minimum absolute atomic E-state index is 0.00558. The van der Waals surface area contributed by atoms with Gasteiger partial charge < -0.3 is 20.9 Å². The summed E-state index contributed by atoms with van der Waals surface area (Å²) in [4.78, 5) is 11.8. The van der Waals surface area contributed by atoms with Crippen LogP contribution in [0.5, 0.6) is 11.5 Å². The van der Waals surface area contributed by atoms with Crippen LogP contribution in [0.3, 0.4) is 0 Å². The second kappa shape index (κ2) is 6.10. The fourth-order valence-corrected chi connectivity index (χ4v) is 1.44. The first-order valence-electron chi connectivity index (χ1n) is 5.50. The minimum Gasteiger partial charge on any atom is -0.506 e. The number of nitrogens with one attached hydrogen (secondary N) is 1. The van der Waals surface area contributed by atoms with E-state index in [1.807, 2.05) is 6.92 Å². The SMILES string of the molecule is CCC(CN)C(=O)Nc1cc(OC)ccc1O. The van der Waals surface area contributed by atoms with Crippen molar-refractivity contribution in [1.82, 2.24) is 0 Å². The fourth-order valence-electron chi connectivity index (χ4n) is 1.44. The third kappa shape index (κ3) is 3.35. The maximum atomic E-state index is 11.8. The first kappa shape index (κ1) is 13.3. The van der Waals surface area contributed by atoms with Crippen molar-refractivity contribution in [1.29, 1.82) is 0 Å². The predicted molar refractivity (Wildman–Crippen MR) is 66.1 cm³/mol. The van der Waals surface area contributed by atoms with E-state index in [-0.39, 0.29) is 24.1 Å². The number of hydrogen-bond donors (Lipinski definition) is 3. The number of ether oxygens (including phenoxy) is 1. The number of carbonyl (C=O) groups is 1. The fraction of sp³-hybridized carbons (Fsp3) is 0.417. The summed E-state index contributed by atoms with van der Waals surface area (Å²) in [6, 6.07) is 4.65. The number of phenols is 1. The molecule has 1 unspecified atom stereocenters. The summed E-state index contributed by atoms with van der Waals surface area (Å²) in [5.74, 6) is 0.129. The first-order chi connectivity index (χ1) is 8.12. The van der Waals surface area contributed by atoms with Gasteiger partial charge >= 0.3 is 0 Å². The molecule has 1 aromatic carbocycles. The van der Waals surface area contributed by atoms with E-state index < -0.39 is 0 Å². The van der Waals surface area contributed by atoms with Gasteiger partial charge in [-0.15, -0.1) is 0 Å². The highest BCUT2D eigenvalue weighted by molar-refractivity contribution is 5.94. The Balaban J connectivity index is 2.83. The molecule has 0 spiro atoms. The zero-order valence-corrected chi connectivity index (χ0v) is 10.1.